The summed E-state index contributed by atoms with van der Waals surface area (Å²) >= 11 is 0. The molecule has 1 saturated heterocycles. The highest BCUT2D eigenvalue weighted by Gasteiger charge is 2.33. The van der Waals surface area contributed by atoms with E-state index >= 15 is 0 Å². The van der Waals surface area contributed by atoms with E-state index < -0.39 is 11.7 Å². The summed E-state index contributed by atoms with van der Waals surface area (Å²) in [5, 5.41) is 7.45. The third-order valence-corrected chi connectivity index (χ3v) is 4.67. The van der Waals surface area contributed by atoms with E-state index in [0.29, 0.717) is 42.2 Å². The number of aromatic nitrogens is 4. The Morgan fingerprint density at radius 3 is 2.88 bits per heavy atom. The van der Waals surface area contributed by atoms with Crippen LogP contribution in [-0.2, 0) is 6.18 Å². The normalized spacial score (nSPS) is 18.0. The van der Waals surface area contributed by atoms with Gasteiger partial charge in [0.15, 0.2) is 5.65 Å². The average Bonchev–Trinajstić information content (AvgIpc) is 3.27. The number of hydrogen-bond acceptors (Lipinski definition) is 5. The van der Waals surface area contributed by atoms with E-state index in [4.69, 9.17) is 5.73 Å². The predicted octanol–water partition coefficient (Wildman–Crippen LogP) is 2.82. The minimum Gasteiger partial charge on any atom is -0.356 e. The summed E-state index contributed by atoms with van der Waals surface area (Å²) in [6.45, 7) is 1.76. The lowest BCUT2D eigenvalue weighted by atomic mass is 10.1. The molecule has 0 saturated carbocycles. The molecule has 3 aromatic heterocycles. The smallest absolute Gasteiger partial charge is 0.356 e. The van der Waals surface area contributed by atoms with Crippen LogP contribution in [0.3, 0.4) is 0 Å². The Morgan fingerprint density at radius 2 is 2.15 bits per heavy atom. The standard InChI is InChI=1S/C17H17F3N6/c18-17(19,20)11-6-13(15-12-2-1-4-22-16(12)25-24-15)23-14(7-11)26-5-3-10(8-21)9-26/h1-2,4,6-7,10H,3,5,8-9,21H2,(H,22,24,25)/t10-/m0/s1. The Hall–Kier alpha value is -2.68. The Balaban J connectivity index is 1.83. The van der Waals surface area contributed by atoms with Crippen LogP contribution in [-0.4, -0.2) is 39.8 Å². The van der Waals surface area contributed by atoms with Gasteiger partial charge in [0.2, 0.25) is 0 Å². The third kappa shape index (κ3) is 2.98. The van der Waals surface area contributed by atoms with Crippen LogP contribution in [0.4, 0.5) is 19.0 Å². The molecular formula is C17H17F3N6. The van der Waals surface area contributed by atoms with Crippen molar-refractivity contribution in [3.63, 3.8) is 0 Å². The van der Waals surface area contributed by atoms with E-state index in [1.165, 1.54) is 0 Å². The number of aromatic amines is 1. The van der Waals surface area contributed by atoms with Crippen LogP contribution in [0.25, 0.3) is 22.4 Å². The largest absolute Gasteiger partial charge is 0.416 e. The van der Waals surface area contributed by atoms with E-state index in [2.05, 4.69) is 20.2 Å². The molecule has 0 spiro atoms. The van der Waals surface area contributed by atoms with Crippen LogP contribution in [0.5, 0.6) is 0 Å². The van der Waals surface area contributed by atoms with Crippen molar-refractivity contribution in [2.24, 2.45) is 11.7 Å². The van der Waals surface area contributed by atoms with Gasteiger partial charge in [-0.3, -0.25) is 5.10 Å². The lowest BCUT2D eigenvalue weighted by molar-refractivity contribution is -0.137. The predicted molar refractivity (Wildman–Crippen MR) is 91.5 cm³/mol. The number of hydrogen-bond donors (Lipinski definition) is 2. The maximum atomic E-state index is 13.4. The van der Waals surface area contributed by atoms with Crippen LogP contribution < -0.4 is 10.6 Å². The Bertz CT molecular complexity index is 936. The fourth-order valence-electron chi connectivity index (χ4n) is 3.25. The molecule has 1 fully saturated rings. The Labute approximate surface area is 147 Å². The second-order valence-corrected chi connectivity index (χ2v) is 6.41. The summed E-state index contributed by atoms with van der Waals surface area (Å²) in [6, 6.07) is 5.60. The van der Waals surface area contributed by atoms with Crippen molar-refractivity contribution in [2.75, 3.05) is 24.5 Å². The molecule has 0 amide bonds. The topological polar surface area (TPSA) is 83.7 Å². The van der Waals surface area contributed by atoms with Crippen molar-refractivity contribution >= 4 is 16.9 Å². The highest BCUT2D eigenvalue weighted by molar-refractivity contribution is 5.89. The summed E-state index contributed by atoms with van der Waals surface area (Å²) in [5.41, 5.74) is 6.02. The number of nitrogens with two attached hydrogens (primary N) is 1. The molecule has 0 bridgehead atoms. The van der Waals surface area contributed by atoms with Crippen LogP contribution in [0.15, 0.2) is 30.5 Å². The van der Waals surface area contributed by atoms with Crippen molar-refractivity contribution in [3.8, 4) is 11.4 Å². The molecule has 1 aliphatic rings. The Kier molecular flexibility index (Phi) is 4.03. The monoisotopic (exact) mass is 362 g/mol. The van der Waals surface area contributed by atoms with Crippen LogP contribution >= 0.6 is 0 Å². The summed E-state index contributed by atoms with van der Waals surface area (Å²) in [6.07, 6.45) is -2.04. The summed E-state index contributed by atoms with van der Waals surface area (Å²) in [4.78, 5) is 10.4. The lowest BCUT2D eigenvalue weighted by Gasteiger charge is -2.20. The molecular weight excluding hydrogens is 345 g/mol. The van der Waals surface area contributed by atoms with Gasteiger partial charge in [-0.25, -0.2) is 9.97 Å². The second kappa shape index (κ2) is 6.24. The summed E-state index contributed by atoms with van der Waals surface area (Å²) in [5.74, 6) is 0.574. The van der Waals surface area contributed by atoms with Crippen LogP contribution in [0, 0.1) is 5.92 Å². The molecule has 0 aromatic carbocycles. The molecule has 0 aliphatic carbocycles. The van der Waals surface area contributed by atoms with Gasteiger partial charge in [-0.15, -0.1) is 0 Å². The van der Waals surface area contributed by atoms with E-state index in [9.17, 15) is 13.2 Å². The molecule has 26 heavy (non-hydrogen) atoms. The van der Waals surface area contributed by atoms with Gasteiger partial charge in [0.1, 0.15) is 5.82 Å². The first-order valence-electron chi connectivity index (χ1n) is 8.29. The second-order valence-electron chi connectivity index (χ2n) is 6.41. The Morgan fingerprint density at radius 1 is 1.31 bits per heavy atom. The molecule has 9 heteroatoms. The molecule has 6 nitrogen and oxygen atoms in total. The number of pyridine rings is 2. The molecule has 1 atom stereocenters. The van der Waals surface area contributed by atoms with E-state index in [1.807, 2.05) is 4.90 Å². The molecule has 4 rings (SSSR count). The van der Waals surface area contributed by atoms with Gasteiger partial charge < -0.3 is 10.6 Å². The maximum Gasteiger partial charge on any atom is 0.416 e. The zero-order chi connectivity index (χ0) is 18.3. The fraction of sp³-hybridized carbons (Fsp3) is 0.353. The summed E-state index contributed by atoms with van der Waals surface area (Å²) in [7, 11) is 0. The maximum absolute atomic E-state index is 13.4. The number of H-pyrrole nitrogens is 1. The lowest BCUT2D eigenvalue weighted by Crippen LogP contribution is -2.24. The average molecular weight is 362 g/mol. The third-order valence-electron chi connectivity index (χ3n) is 4.67. The number of anilines is 1. The molecule has 3 N–H and O–H groups in total. The van der Waals surface area contributed by atoms with Gasteiger partial charge in [0, 0.05) is 24.7 Å². The first-order valence-corrected chi connectivity index (χ1v) is 8.29. The molecule has 136 valence electrons. The van der Waals surface area contributed by atoms with Gasteiger partial charge in [-0.05, 0) is 43.1 Å². The SMILES string of the molecule is NC[C@@H]1CCN(c2cc(C(F)(F)F)cc(-c3[nH]nc4ncccc34)n2)C1. The first kappa shape index (κ1) is 16.8. The van der Waals surface area contributed by atoms with Crippen LogP contribution in [0.1, 0.15) is 12.0 Å². The molecule has 4 heterocycles. The number of nitrogens with one attached hydrogen (secondary N) is 1. The van der Waals surface area contributed by atoms with Crippen LogP contribution in [0.2, 0.25) is 0 Å². The minimum atomic E-state index is -4.46. The summed E-state index contributed by atoms with van der Waals surface area (Å²) < 4.78 is 40.3. The molecule has 0 unspecified atom stereocenters. The van der Waals surface area contributed by atoms with Crippen molar-refractivity contribution in [1.29, 1.82) is 0 Å². The van der Waals surface area contributed by atoms with Gasteiger partial charge >= 0.3 is 6.18 Å². The van der Waals surface area contributed by atoms with Gasteiger partial charge in [0.25, 0.3) is 0 Å². The van der Waals surface area contributed by atoms with Crippen molar-refractivity contribution in [3.05, 3.63) is 36.0 Å². The van der Waals surface area contributed by atoms with Gasteiger partial charge in [0.05, 0.1) is 17.0 Å². The highest BCUT2D eigenvalue weighted by Crippen LogP contribution is 2.36. The number of nitrogens with zero attached hydrogens (tertiary/aromatic N) is 4. The number of alkyl halides is 3. The van der Waals surface area contributed by atoms with E-state index in [1.54, 1.807) is 18.3 Å². The molecule has 3 aromatic rings. The van der Waals surface area contributed by atoms with E-state index in [0.717, 1.165) is 18.6 Å². The van der Waals surface area contributed by atoms with E-state index in [-0.39, 0.29) is 11.6 Å². The van der Waals surface area contributed by atoms with Gasteiger partial charge in [-0.1, -0.05) is 0 Å². The van der Waals surface area contributed by atoms with Crippen molar-refractivity contribution in [1.82, 2.24) is 20.2 Å². The highest BCUT2D eigenvalue weighted by atomic mass is 19.4. The molecule has 1 aliphatic heterocycles. The van der Waals surface area contributed by atoms with Crippen molar-refractivity contribution < 1.29 is 13.2 Å². The zero-order valence-corrected chi connectivity index (χ0v) is 13.8. The number of halogens is 3. The number of fused-ring (bicyclic) bond motifs is 1. The first-order chi connectivity index (χ1) is 12.5. The minimum absolute atomic E-state index is 0.196. The molecule has 0 radical (unpaired) electrons. The number of rotatable bonds is 3. The van der Waals surface area contributed by atoms with Gasteiger partial charge in [-0.2, -0.15) is 18.3 Å². The fourth-order valence-corrected chi connectivity index (χ4v) is 3.25. The quantitative estimate of drug-likeness (QED) is 0.749. The zero-order valence-electron chi connectivity index (χ0n) is 13.8. The van der Waals surface area contributed by atoms with Crippen molar-refractivity contribution in [2.45, 2.75) is 12.6 Å².